The Balaban J connectivity index is 2.77. The Hall–Kier alpha value is -1.82. The van der Waals surface area contributed by atoms with Crippen LogP contribution in [-0.2, 0) is 0 Å². The zero-order valence-electron chi connectivity index (χ0n) is 6.44. The molecule has 0 amide bonds. The minimum absolute atomic E-state index is 0.119. The van der Waals surface area contributed by atoms with Crippen LogP contribution in [0, 0.1) is 11.3 Å². The first-order chi connectivity index (χ1) is 5.84. The van der Waals surface area contributed by atoms with Crippen LogP contribution in [0.4, 0.5) is 0 Å². The van der Waals surface area contributed by atoms with Gasteiger partial charge in [0, 0.05) is 11.8 Å². The average Bonchev–Trinajstić information content (AvgIpc) is 2.09. The van der Waals surface area contributed by atoms with Crippen molar-refractivity contribution in [1.82, 2.24) is 0 Å². The van der Waals surface area contributed by atoms with Crippen molar-refractivity contribution in [2.75, 3.05) is 6.54 Å². The maximum atomic E-state index is 9.24. The molecule has 0 aromatic heterocycles. The van der Waals surface area contributed by atoms with E-state index in [1.165, 1.54) is 6.21 Å². The molecule has 0 saturated heterocycles. The lowest BCUT2D eigenvalue weighted by atomic mass is 10.2. The van der Waals surface area contributed by atoms with E-state index in [0.717, 1.165) is 0 Å². The number of aromatic hydroxyl groups is 1. The Bertz CT molecular complexity index is 326. The predicted molar refractivity (Wildman–Crippen MR) is 46.2 cm³/mol. The Morgan fingerprint density at radius 1 is 1.50 bits per heavy atom. The molecule has 3 nitrogen and oxygen atoms in total. The van der Waals surface area contributed by atoms with Gasteiger partial charge in [-0.1, -0.05) is 12.1 Å². The van der Waals surface area contributed by atoms with Crippen molar-refractivity contribution in [2.45, 2.75) is 0 Å². The van der Waals surface area contributed by atoms with E-state index in [2.05, 4.69) is 4.99 Å². The Morgan fingerprint density at radius 2 is 2.25 bits per heavy atom. The third kappa shape index (κ3) is 2.10. The van der Waals surface area contributed by atoms with Crippen molar-refractivity contribution in [2.24, 2.45) is 4.99 Å². The number of phenolic OH excluding ortho intramolecular Hbond substituents is 1. The largest absolute Gasteiger partial charge is 0.507 e. The monoisotopic (exact) mass is 160 g/mol. The second-order valence-corrected chi connectivity index (χ2v) is 2.19. The molecule has 0 saturated carbocycles. The molecule has 0 radical (unpaired) electrons. The second-order valence-electron chi connectivity index (χ2n) is 2.19. The summed E-state index contributed by atoms with van der Waals surface area (Å²) in [7, 11) is 0. The number of hydrogen-bond donors (Lipinski definition) is 1. The van der Waals surface area contributed by atoms with E-state index in [1.807, 2.05) is 6.07 Å². The maximum Gasteiger partial charge on any atom is 0.126 e. The van der Waals surface area contributed by atoms with Gasteiger partial charge < -0.3 is 5.11 Å². The van der Waals surface area contributed by atoms with Gasteiger partial charge in [0.2, 0.25) is 0 Å². The smallest absolute Gasteiger partial charge is 0.126 e. The molecule has 0 aliphatic heterocycles. The minimum Gasteiger partial charge on any atom is -0.507 e. The van der Waals surface area contributed by atoms with Gasteiger partial charge in [-0.2, -0.15) is 5.26 Å². The summed E-state index contributed by atoms with van der Waals surface area (Å²) in [4.78, 5) is 3.77. The van der Waals surface area contributed by atoms with E-state index in [9.17, 15) is 5.11 Å². The van der Waals surface area contributed by atoms with Crippen LogP contribution >= 0.6 is 0 Å². The second kappa shape index (κ2) is 4.14. The van der Waals surface area contributed by atoms with E-state index < -0.39 is 0 Å². The minimum atomic E-state index is 0.119. The van der Waals surface area contributed by atoms with Crippen molar-refractivity contribution in [3.63, 3.8) is 0 Å². The van der Waals surface area contributed by atoms with E-state index >= 15 is 0 Å². The first-order valence-electron chi connectivity index (χ1n) is 3.49. The SMILES string of the molecule is N#CCN=Cc1ccccc1O. The summed E-state index contributed by atoms with van der Waals surface area (Å²) in [6.07, 6.45) is 1.48. The van der Waals surface area contributed by atoms with Gasteiger partial charge in [0.1, 0.15) is 12.3 Å². The number of benzene rings is 1. The summed E-state index contributed by atoms with van der Waals surface area (Å²) in [5, 5.41) is 17.4. The number of phenols is 1. The van der Waals surface area contributed by atoms with Crippen molar-refractivity contribution >= 4 is 6.21 Å². The number of para-hydroxylation sites is 1. The van der Waals surface area contributed by atoms with Crippen LogP contribution in [0.15, 0.2) is 29.3 Å². The highest BCUT2D eigenvalue weighted by atomic mass is 16.3. The summed E-state index contributed by atoms with van der Waals surface area (Å²) in [5.41, 5.74) is 0.632. The molecule has 0 aliphatic rings. The number of hydrogen-bond acceptors (Lipinski definition) is 3. The van der Waals surface area contributed by atoms with Crippen molar-refractivity contribution < 1.29 is 5.11 Å². The molecule has 12 heavy (non-hydrogen) atoms. The van der Waals surface area contributed by atoms with Crippen LogP contribution in [0.3, 0.4) is 0 Å². The molecule has 0 unspecified atom stereocenters. The first-order valence-corrected chi connectivity index (χ1v) is 3.49. The standard InChI is InChI=1S/C9H8N2O/c10-5-6-11-7-8-3-1-2-4-9(8)12/h1-4,7,12H,6H2. The summed E-state index contributed by atoms with van der Waals surface area (Å²) in [6.45, 7) is 0.119. The van der Waals surface area contributed by atoms with E-state index in [4.69, 9.17) is 5.26 Å². The van der Waals surface area contributed by atoms with Crippen LogP contribution in [0.1, 0.15) is 5.56 Å². The van der Waals surface area contributed by atoms with Crippen LogP contribution < -0.4 is 0 Å². The Labute approximate surface area is 70.6 Å². The van der Waals surface area contributed by atoms with Gasteiger partial charge in [0.15, 0.2) is 0 Å². The topological polar surface area (TPSA) is 56.4 Å². The van der Waals surface area contributed by atoms with Gasteiger partial charge in [0.05, 0.1) is 6.07 Å². The first kappa shape index (κ1) is 8.28. The van der Waals surface area contributed by atoms with E-state index in [-0.39, 0.29) is 12.3 Å². The maximum absolute atomic E-state index is 9.24. The van der Waals surface area contributed by atoms with Crippen LogP contribution in [0.25, 0.3) is 0 Å². The molecule has 0 bridgehead atoms. The van der Waals surface area contributed by atoms with Crippen LogP contribution in [0.5, 0.6) is 5.75 Å². The van der Waals surface area contributed by atoms with E-state index in [0.29, 0.717) is 5.56 Å². The molecule has 3 heteroatoms. The van der Waals surface area contributed by atoms with E-state index in [1.54, 1.807) is 24.3 Å². The number of aliphatic imine (C=N–C) groups is 1. The molecule has 0 aliphatic carbocycles. The summed E-state index contributed by atoms with van der Waals surface area (Å²) < 4.78 is 0. The highest BCUT2D eigenvalue weighted by molar-refractivity contribution is 5.83. The van der Waals surface area contributed by atoms with Crippen molar-refractivity contribution in [1.29, 1.82) is 5.26 Å². The highest BCUT2D eigenvalue weighted by Gasteiger charge is 1.92. The Morgan fingerprint density at radius 3 is 2.92 bits per heavy atom. The van der Waals surface area contributed by atoms with Gasteiger partial charge in [-0.15, -0.1) is 0 Å². The van der Waals surface area contributed by atoms with Gasteiger partial charge >= 0.3 is 0 Å². The third-order valence-electron chi connectivity index (χ3n) is 1.33. The fourth-order valence-electron chi connectivity index (χ4n) is 0.782. The molecular formula is C9H8N2O. The molecule has 1 rings (SSSR count). The molecular weight excluding hydrogens is 152 g/mol. The van der Waals surface area contributed by atoms with Gasteiger partial charge in [-0.3, -0.25) is 4.99 Å². The lowest BCUT2D eigenvalue weighted by molar-refractivity contribution is 0.474. The lowest BCUT2D eigenvalue weighted by Gasteiger charge is -1.94. The fraction of sp³-hybridized carbons (Fsp3) is 0.111. The molecule has 0 heterocycles. The van der Waals surface area contributed by atoms with Gasteiger partial charge in [-0.25, -0.2) is 0 Å². The Kier molecular flexibility index (Phi) is 2.86. The molecule has 0 fully saturated rings. The zero-order chi connectivity index (χ0) is 8.81. The van der Waals surface area contributed by atoms with Gasteiger partial charge in [0.25, 0.3) is 0 Å². The molecule has 1 aromatic carbocycles. The average molecular weight is 160 g/mol. The summed E-state index contributed by atoms with van der Waals surface area (Å²) in [5.74, 6) is 0.180. The molecule has 1 N–H and O–H groups in total. The highest BCUT2D eigenvalue weighted by Crippen LogP contribution is 2.12. The molecule has 0 atom stereocenters. The normalized spacial score (nSPS) is 9.92. The predicted octanol–water partition coefficient (Wildman–Crippen LogP) is 1.33. The number of nitriles is 1. The quantitative estimate of drug-likeness (QED) is 0.524. The lowest BCUT2D eigenvalue weighted by Crippen LogP contribution is -1.82. The van der Waals surface area contributed by atoms with Crippen LogP contribution in [0.2, 0.25) is 0 Å². The third-order valence-corrected chi connectivity index (χ3v) is 1.33. The van der Waals surface area contributed by atoms with Crippen molar-refractivity contribution in [3.05, 3.63) is 29.8 Å². The molecule has 1 aromatic rings. The van der Waals surface area contributed by atoms with Crippen LogP contribution in [-0.4, -0.2) is 17.9 Å². The number of nitrogens with zero attached hydrogens (tertiary/aromatic N) is 2. The summed E-state index contributed by atoms with van der Waals surface area (Å²) in [6, 6.07) is 8.72. The summed E-state index contributed by atoms with van der Waals surface area (Å²) >= 11 is 0. The number of rotatable bonds is 2. The zero-order valence-corrected chi connectivity index (χ0v) is 6.44. The molecule has 0 spiro atoms. The molecule has 60 valence electrons. The van der Waals surface area contributed by atoms with Gasteiger partial charge in [-0.05, 0) is 12.1 Å². The fourth-order valence-corrected chi connectivity index (χ4v) is 0.782. The van der Waals surface area contributed by atoms with Crippen molar-refractivity contribution in [3.8, 4) is 11.8 Å².